The predicted octanol–water partition coefficient (Wildman–Crippen LogP) is -0.386. The van der Waals surface area contributed by atoms with Crippen LogP contribution in [-0.4, -0.2) is 62.4 Å². The van der Waals surface area contributed by atoms with E-state index in [0.29, 0.717) is 19.8 Å². The Morgan fingerprint density at radius 2 is 2.25 bits per heavy atom. The van der Waals surface area contributed by atoms with Crippen LogP contribution in [0.3, 0.4) is 0 Å². The minimum Gasteiger partial charge on any atom is -0.464 e. The topological polar surface area (TPSA) is 50.8 Å². The van der Waals surface area contributed by atoms with E-state index in [1.807, 2.05) is 6.92 Å². The van der Waals surface area contributed by atoms with Crippen LogP contribution in [0.1, 0.15) is 13.3 Å². The summed E-state index contributed by atoms with van der Waals surface area (Å²) in [5.74, 6) is -0.122. The summed E-state index contributed by atoms with van der Waals surface area (Å²) in [6.45, 7) is 7.02. The molecule has 16 heavy (non-hydrogen) atoms. The molecule has 0 radical (unpaired) electrons. The van der Waals surface area contributed by atoms with Crippen LogP contribution >= 0.6 is 0 Å². The maximum atomic E-state index is 12.0. The molecular weight excluding hydrogens is 208 g/mol. The highest BCUT2D eigenvalue weighted by molar-refractivity contribution is 5.82. The summed E-state index contributed by atoms with van der Waals surface area (Å²) < 4.78 is 10.4. The Bertz CT molecular complexity index is 246. The number of nitrogens with zero attached hydrogens (tertiary/aromatic N) is 1. The molecule has 0 bridgehead atoms. The van der Waals surface area contributed by atoms with E-state index in [4.69, 9.17) is 9.47 Å². The van der Waals surface area contributed by atoms with E-state index in [1.54, 1.807) is 0 Å². The first-order valence-corrected chi connectivity index (χ1v) is 6.00. The van der Waals surface area contributed by atoms with E-state index in [9.17, 15) is 4.79 Å². The van der Waals surface area contributed by atoms with Crippen molar-refractivity contribution in [3.63, 3.8) is 0 Å². The first-order valence-electron chi connectivity index (χ1n) is 6.00. The number of esters is 1. The lowest BCUT2D eigenvalue weighted by molar-refractivity contribution is -0.192. The summed E-state index contributed by atoms with van der Waals surface area (Å²) in [7, 11) is 0. The van der Waals surface area contributed by atoms with Crippen LogP contribution in [0.2, 0.25) is 0 Å². The Kier molecular flexibility index (Phi) is 3.78. The molecule has 0 aliphatic carbocycles. The summed E-state index contributed by atoms with van der Waals surface area (Å²) in [5, 5.41) is 3.33. The third-order valence-electron chi connectivity index (χ3n) is 3.28. The second-order valence-electron chi connectivity index (χ2n) is 4.34. The Hall–Kier alpha value is -0.650. The molecule has 0 spiro atoms. The van der Waals surface area contributed by atoms with Gasteiger partial charge in [0.25, 0.3) is 0 Å². The minimum atomic E-state index is -0.498. The van der Waals surface area contributed by atoms with E-state index < -0.39 is 5.54 Å². The van der Waals surface area contributed by atoms with Gasteiger partial charge in [-0.15, -0.1) is 0 Å². The molecule has 0 unspecified atom stereocenters. The highest BCUT2D eigenvalue weighted by Gasteiger charge is 2.51. The van der Waals surface area contributed by atoms with E-state index >= 15 is 0 Å². The number of hydrogen-bond acceptors (Lipinski definition) is 5. The van der Waals surface area contributed by atoms with Crippen LogP contribution in [0.5, 0.6) is 0 Å². The number of carbonyl (C=O) groups excluding carboxylic acids is 1. The van der Waals surface area contributed by atoms with Crippen molar-refractivity contribution in [2.45, 2.75) is 18.9 Å². The van der Waals surface area contributed by atoms with Crippen molar-refractivity contribution in [2.75, 3.05) is 46.0 Å². The van der Waals surface area contributed by atoms with Gasteiger partial charge < -0.3 is 14.8 Å². The Balaban J connectivity index is 2.04. The molecule has 0 amide bonds. The zero-order valence-electron chi connectivity index (χ0n) is 9.83. The lowest BCUT2D eigenvalue weighted by atomic mass is 9.94. The average molecular weight is 228 g/mol. The molecule has 92 valence electrons. The molecule has 1 N–H and O–H groups in total. The van der Waals surface area contributed by atoms with Gasteiger partial charge in [0, 0.05) is 19.6 Å². The number of rotatable bonds is 3. The van der Waals surface area contributed by atoms with Gasteiger partial charge >= 0.3 is 5.97 Å². The van der Waals surface area contributed by atoms with E-state index in [-0.39, 0.29) is 5.97 Å². The van der Waals surface area contributed by atoms with Crippen LogP contribution in [0.4, 0.5) is 0 Å². The fourth-order valence-corrected chi connectivity index (χ4v) is 2.26. The summed E-state index contributed by atoms with van der Waals surface area (Å²) >= 11 is 0. The molecule has 2 aliphatic heterocycles. The average Bonchev–Trinajstić information content (AvgIpc) is 2.45. The first kappa shape index (κ1) is 11.8. The standard InChI is InChI=1S/C11H20N2O3/c1-2-16-10(14)11(8-15-9-11)13-6-3-4-12-5-7-13/h12H,2-9H2,1H3. The third-order valence-corrected chi connectivity index (χ3v) is 3.28. The van der Waals surface area contributed by atoms with Gasteiger partial charge in [-0.25, -0.2) is 4.79 Å². The Morgan fingerprint density at radius 1 is 1.44 bits per heavy atom. The second-order valence-corrected chi connectivity index (χ2v) is 4.34. The smallest absolute Gasteiger partial charge is 0.331 e. The molecule has 2 saturated heterocycles. The van der Waals surface area contributed by atoms with Crippen molar-refractivity contribution in [3.05, 3.63) is 0 Å². The fraction of sp³-hybridized carbons (Fsp3) is 0.909. The predicted molar refractivity (Wildman–Crippen MR) is 59.2 cm³/mol. The molecule has 2 rings (SSSR count). The largest absolute Gasteiger partial charge is 0.464 e. The first-order chi connectivity index (χ1) is 7.79. The van der Waals surface area contributed by atoms with Crippen LogP contribution in [0, 0.1) is 0 Å². The normalized spacial score (nSPS) is 25.6. The summed E-state index contributed by atoms with van der Waals surface area (Å²) in [4.78, 5) is 14.2. The van der Waals surface area contributed by atoms with Crippen molar-refractivity contribution in [3.8, 4) is 0 Å². The quantitative estimate of drug-likeness (QED) is 0.667. The van der Waals surface area contributed by atoms with Gasteiger partial charge in [-0.1, -0.05) is 0 Å². The molecule has 0 saturated carbocycles. The van der Waals surface area contributed by atoms with Gasteiger partial charge in [-0.05, 0) is 19.9 Å². The molecule has 2 aliphatic rings. The molecule has 5 heteroatoms. The zero-order valence-corrected chi connectivity index (χ0v) is 9.83. The van der Waals surface area contributed by atoms with Gasteiger partial charge in [0.2, 0.25) is 0 Å². The number of hydrogen-bond donors (Lipinski definition) is 1. The number of carbonyl (C=O) groups is 1. The van der Waals surface area contributed by atoms with Gasteiger partial charge in [0.05, 0.1) is 19.8 Å². The highest BCUT2D eigenvalue weighted by atomic mass is 16.6. The summed E-state index contributed by atoms with van der Waals surface area (Å²) in [6.07, 6.45) is 1.07. The molecule has 2 heterocycles. The van der Waals surface area contributed by atoms with Crippen molar-refractivity contribution < 1.29 is 14.3 Å². The second kappa shape index (κ2) is 5.12. The van der Waals surface area contributed by atoms with E-state index in [1.165, 1.54) is 0 Å². The molecule has 0 aromatic rings. The van der Waals surface area contributed by atoms with Crippen molar-refractivity contribution in [1.82, 2.24) is 10.2 Å². The molecular formula is C11H20N2O3. The molecule has 2 fully saturated rings. The number of nitrogens with one attached hydrogen (secondary N) is 1. The fourth-order valence-electron chi connectivity index (χ4n) is 2.26. The molecule has 0 atom stereocenters. The van der Waals surface area contributed by atoms with Gasteiger partial charge in [0.1, 0.15) is 0 Å². The van der Waals surface area contributed by atoms with Gasteiger partial charge in [-0.2, -0.15) is 0 Å². The third kappa shape index (κ3) is 2.07. The molecule has 0 aromatic heterocycles. The van der Waals surface area contributed by atoms with Gasteiger partial charge in [0.15, 0.2) is 5.54 Å². The lowest BCUT2D eigenvalue weighted by Crippen LogP contribution is -2.68. The monoisotopic (exact) mass is 228 g/mol. The Morgan fingerprint density at radius 3 is 2.88 bits per heavy atom. The van der Waals surface area contributed by atoms with Crippen LogP contribution < -0.4 is 5.32 Å². The highest BCUT2D eigenvalue weighted by Crippen LogP contribution is 2.27. The summed E-state index contributed by atoms with van der Waals surface area (Å²) in [6, 6.07) is 0. The minimum absolute atomic E-state index is 0.122. The van der Waals surface area contributed by atoms with E-state index in [0.717, 1.165) is 32.6 Å². The molecule has 5 nitrogen and oxygen atoms in total. The SMILES string of the molecule is CCOC(=O)C1(N2CCCNCC2)COC1. The van der Waals surface area contributed by atoms with Crippen molar-refractivity contribution in [2.24, 2.45) is 0 Å². The van der Waals surface area contributed by atoms with Gasteiger partial charge in [-0.3, -0.25) is 4.90 Å². The van der Waals surface area contributed by atoms with E-state index in [2.05, 4.69) is 10.2 Å². The lowest BCUT2D eigenvalue weighted by Gasteiger charge is -2.46. The van der Waals surface area contributed by atoms with Crippen LogP contribution in [0.25, 0.3) is 0 Å². The van der Waals surface area contributed by atoms with Crippen molar-refractivity contribution >= 4 is 5.97 Å². The molecule has 0 aromatic carbocycles. The Labute approximate surface area is 96.1 Å². The number of ether oxygens (including phenoxy) is 2. The maximum absolute atomic E-state index is 12.0. The maximum Gasteiger partial charge on any atom is 0.331 e. The van der Waals surface area contributed by atoms with Crippen LogP contribution in [-0.2, 0) is 14.3 Å². The summed E-state index contributed by atoms with van der Waals surface area (Å²) in [5.41, 5.74) is -0.498. The van der Waals surface area contributed by atoms with Crippen LogP contribution in [0.15, 0.2) is 0 Å². The van der Waals surface area contributed by atoms with Crippen molar-refractivity contribution in [1.29, 1.82) is 0 Å². The zero-order chi connectivity index (χ0) is 11.4.